The summed E-state index contributed by atoms with van der Waals surface area (Å²) in [6.45, 7) is 3.35. The number of likely N-dealkylation sites (tertiary alicyclic amines) is 1. The molecule has 3 rings (SSSR count). The van der Waals surface area contributed by atoms with Gasteiger partial charge in [0.25, 0.3) is 5.91 Å². The Balaban J connectivity index is 1.60. The molecule has 1 amide bonds. The van der Waals surface area contributed by atoms with Crippen LogP contribution in [0.4, 0.5) is 10.8 Å². The standard InChI is InChI=1S/C15H18N4OS/c16-15-18-13(10-21-15)14(20)17-12-5-3-11(4-6-12)9-19-7-1-2-8-19/h3-6,10H,1-2,7-9H2,(H2,16,18)(H,17,20). The first kappa shape index (κ1) is 14.0. The van der Waals surface area contributed by atoms with Crippen molar-refractivity contribution in [3.05, 3.63) is 40.9 Å². The monoisotopic (exact) mass is 302 g/mol. The van der Waals surface area contributed by atoms with Crippen LogP contribution in [0.3, 0.4) is 0 Å². The van der Waals surface area contributed by atoms with Crippen LogP contribution in [0.25, 0.3) is 0 Å². The van der Waals surface area contributed by atoms with Gasteiger partial charge in [-0.25, -0.2) is 4.98 Å². The lowest BCUT2D eigenvalue weighted by atomic mass is 10.2. The van der Waals surface area contributed by atoms with Gasteiger partial charge in [0.05, 0.1) is 0 Å². The summed E-state index contributed by atoms with van der Waals surface area (Å²) < 4.78 is 0. The lowest BCUT2D eigenvalue weighted by Crippen LogP contribution is -2.18. The number of benzene rings is 1. The molecule has 5 nitrogen and oxygen atoms in total. The number of carbonyl (C=O) groups excluding carboxylic acids is 1. The molecular formula is C15H18N4OS. The fourth-order valence-corrected chi connectivity index (χ4v) is 3.02. The highest BCUT2D eigenvalue weighted by molar-refractivity contribution is 7.13. The van der Waals surface area contributed by atoms with Gasteiger partial charge in [-0.2, -0.15) is 0 Å². The number of hydrogen-bond donors (Lipinski definition) is 2. The second-order valence-electron chi connectivity index (χ2n) is 5.21. The van der Waals surface area contributed by atoms with Crippen molar-refractivity contribution in [1.82, 2.24) is 9.88 Å². The van der Waals surface area contributed by atoms with Crippen LogP contribution in [-0.4, -0.2) is 28.9 Å². The van der Waals surface area contributed by atoms with Gasteiger partial charge in [-0.05, 0) is 43.6 Å². The molecule has 1 aromatic heterocycles. The number of nitrogens with one attached hydrogen (secondary N) is 1. The normalized spacial score (nSPS) is 15.2. The Bertz CT molecular complexity index is 617. The molecule has 2 heterocycles. The van der Waals surface area contributed by atoms with E-state index in [4.69, 9.17) is 5.73 Å². The third kappa shape index (κ3) is 3.59. The summed E-state index contributed by atoms with van der Waals surface area (Å²) in [5, 5.41) is 4.89. The van der Waals surface area contributed by atoms with Crippen LogP contribution in [0, 0.1) is 0 Å². The topological polar surface area (TPSA) is 71.2 Å². The fourth-order valence-electron chi connectivity index (χ4n) is 2.48. The average molecular weight is 302 g/mol. The number of aromatic nitrogens is 1. The number of rotatable bonds is 4. The predicted octanol–water partition coefficient (Wildman–Crippen LogP) is 2.57. The van der Waals surface area contributed by atoms with Crippen LogP contribution < -0.4 is 11.1 Å². The summed E-state index contributed by atoms with van der Waals surface area (Å²) in [4.78, 5) is 18.4. The summed E-state index contributed by atoms with van der Waals surface area (Å²) in [6, 6.07) is 7.98. The zero-order valence-corrected chi connectivity index (χ0v) is 12.5. The number of carbonyl (C=O) groups is 1. The molecule has 1 saturated heterocycles. The largest absolute Gasteiger partial charge is 0.375 e. The van der Waals surface area contributed by atoms with E-state index in [0.29, 0.717) is 10.8 Å². The van der Waals surface area contributed by atoms with E-state index in [1.54, 1.807) is 5.38 Å². The molecule has 1 aromatic carbocycles. The Kier molecular flexibility index (Phi) is 4.17. The molecule has 1 fully saturated rings. The van der Waals surface area contributed by atoms with Crippen LogP contribution in [0.5, 0.6) is 0 Å². The van der Waals surface area contributed by atoms with Crippen molar-refractivity contribution in [2.75, 3.05) is 24.1 Å². The number of nitrogens with zero attached hydrogens (tertiary/aromatic N) is 2. The predicted molar refractivity (Wildman–Crippen MR) is 85.4 cm³/mol. The molecule has 0 unspecified atom stereocenters. The smallest absolute Gasteiger partial charge is 0.275 e. The molecule has 21 heavy (non-hydrogen) atoms. The third-order valence-electron chi connectivity index (χ3n) is 3.57. The van der Waals surface area contributed by atoms with Crippen molar-refractivity contribution < 1.29 is 4.79 Å². The van der Waals surface area contributed by atoms with E-state index in [1.807, 2.05) is 12.1 Å². The van der Waals surface area contributed by atoms with Gasteiger partial charge in [-0.3, -0.25) is 9.69 Å². The zero-order chi connectivity index (χ0) is 14.7. The number of nitrogens with two attached hydrogens (primary N) is 1. The third-order valence-corrected chi connectivity index (χ3v) is 4.25. The SMILES string of the molecule is Nc1nc(C(=O)Nc2ccc(CN3CCCC3)cc2)cs1. The molecular weight excluding hydrogens is 284 g/mol. The van der Waals surface area contributed by atoms with Crippen LogP contribution in [-0.2, 0) is 6.54 Å². The number of hydrogen-bond acceptors (Lipinski definition) is 5. The zero-order valence-electron chi connectivity index (χ0n) is 11.7. The van der Waals surface area contributed by atoms with Gasteiger partial charge in [0.1, 0.15) is 5.69 Å². The second kappa shape index (κ2) is 6.24. The summed E-state index contributed by atoms with van der Waals surface area (Å²) in [6.07, 6.45) is 2.59. The highest BCUT2D eigenvalue weighted by Gasteiger charge is 2.12. The molecule has 0 spiro atoms. The van der Waals surface area contributed by atoms with Crippen molar-refractivity contribution in [3.63, 3.8) is 0 Å². The summed E-state index contributed by atoms with van der Waals surface area (Å²) in [5.41, 5.74) is 7.94. The van der Waals surface area contributed by atoms with E-state index in [9.17, 15) is 4.79 Å². The molecule has 0 atom stereocenters. The van der Waals surface area contributed by atoms with Gasteiger partial charge in [-0.1, -0.05) is 12.1 Å². The second-order valence-corrected chi connectivity index (χ2v) is 6.09. The summed E-state index contributed by atoms with van der Waals surface area (Å²) in [5.74, 6) is -0.227. The van der Waals surface area contributed by atoms with Crippen LogP contribution in [0.15, 0.2) is 29.6 Å². The number of nitrogen functional groups attached to an aromatic ring is 1. The first-order chi connectivity index (χ1) is 10.2. The first-order valence-electron chi connectivity index (χ1n) is 7.04. The average Bonchev–Trinajstić information content (AvgIpc) is 3.12. The van der Waals surface area contributed by atoms with E-state index >= 15 is 0 Å². The van der Waals surface area contributed by atoms with Crippen molar-refractivity contribution >= 4 is 28.1 Å². The van der Waals surface area contributed by atoms with Gasteiger partial charge < -0.3 is 11.1 Å². The molecule has 0 radical (unpaired) electrons. The molecule has 2 aromatic rings. The Hall–Kier alpha value is -1.92. The molecule has 1 aliphatic rings. The van der Waals surface area contributed by atoms with Crippen LogP contribution in [0.1, 0.15) is 28.9 Å². The van der Waals surface area contributed by atoms with Gasteiger partial charge in [-0.15, -0.1) is 11.3 Å². The van der Waals surface area contributed by atoms with Crippen molar-refractivity contribution in [2.45, 2.75) is 19.4 Å². The van der Waals surface area contributed by atoms with E-state index in [0.717, 1.165) is 12.2 Å². The highest BCUT2D eigenvalue weighted by Crippen LogP contribution is 2.17. The molecule has 110 valence electrons. The summed E-state index contributed by atoms with van der Waals surface area (Å²) >= 11 is 1.26. The van der Waals surface area contributed by atoms with E-state index in [1.165, 1.54) is 42.8 Å². The fraction of sp³-hybridized carbons (Fsp3) is 0.333. The summed E-state index contributed by atoms with van der Waals surface area (Å²) in [7, 11) is 0. The van der Waals surface area contributed by atoms with Gasteiger partial charge >= 0.3 is 0 Å². The lowest BCUT2D eigenvalue weighted by molar-refractivity contribution is 0.102. The molecule has 3 N–H and O–H groups in total. The van der Waals surface area contributed by atoms with E-state index < -0.39 is 0 Å². The minimum atomic E-state index is -0.227. The maximum absolute atomic E-state index is 12.0. The molecule has 6 heteroatoms. The number of anilines is 2. The maximum atomic E-state index is 12.0. The molecule has 0 aliphatic carbocycles. The minimum absolute atomic E-state index is 0.227. The van der Waals surface area contributed by atoms with Gasteiger partial charge in [0.15, 0.2) is 5.13 Å². The Labute approximate surface area is 127 Å². The van der Waals surface area contributed by atoms with Gasteiger partial charge in [0.2, 0.25) is 0 Å². The Morgan fingerprint density at radius 2 is 2.00 bits per heavy atom. The van der Waals surface area contributed by atoms with E-state index in [-0.39, 0.29) is 5.91 Å². The number of amides is 1. The molecule has 0 saturated carbocycles. The maximum Gasteiger partial charge on any atom is 0.275 e. The van der Waals surface area contributed by atoms with Crippen LogP contribution in [0.2, 0.25) is 0 Å². The number of thiazole rings is 1. The quantitative estimate of drug-likeness (QED) is 0.910. The van der Waals surface area contributed by atoms with E-state index in [2.05, 4.69) is 27.3 Å². The Morgan fingerprint density at radius 1 is 1.29 bits per heavy atom. The van der Waals surface area contributed by atoms with Crippen LogP contribution >= 0.6 is 11.3 Å². The van der Waals surface area contributed by atoms with Crippen molar-refractivity contribution in [2.24, 2.45) is 0 Å². The van der Waals surface area contributed by atoms with Crippen molar-refractivity contribution in [3.8, 4) is 0 Å². The highest BCUT2D eigenvalue weighted by atomic mass is 32.1. The first-order valence-corrected chi connectivity index (χ1v) is 7.92. The molecule has 1 aliphatic heterocycles. The van der Waals surface area contributed by atoms with Crippen molar-refractivity contribution in [1.29, 1.82) is 0 Å². The minimum Gasteiger partial charge on any atom is -0.375 e. The molecule has 0 bridgehead atoms. The Morgan fingerprint density at radius 3 is 2.62 bits per heavy atom. The van der Waals surface area contributed by atoms with Gasteiger partial charge in [0, 0.05) is 17.6 Å². The lowest BCUT2D eigenvalue weighted by Gasteiger charge is -2.14.